The highest BCUT2D eigenvalue weighted by Gasteiger charge is 2.09. The van der Waals surface area contributed by atoms with Crippen molar-refractivity contribution in [3.05, 3.63) is 58.6 Å². The Morgan fingerprint density at radius 2 is 2.00 bits per heavy atom. The van der Waals surface area contributed by atoms with Crippen LogP contribution in [0.4, 0.5) is 5.69 Å². The molecule has 4 heteroatoms. The zero-order chi connectivity index (χ0) is 13.8. The first-order chi connectivity index (χ1) is 9.10. The van der Waals surface area contributed by atoms with Crippen LogP contribution in [-0.4, -0.2) is 13.0 Å². The molecule has 0 heterocycles. The molecular formula is C15H14ClNO2. The molecule has 3 nitrogen and oxygen atoms in total. The van der Waals surface area contributed by atoms with E-state index in [1.165, 1.54) is 0 Å². The van der Waals surface area contributed by atoms with Gasteiger partial charge in [0.05, 0.1) is 7.11 Å². The Bertz CT molecular complexity index is 611. The first-order valence-corrected chi connectivity index (χ1v) is 6.19. The predicted octanol–water partition coefficient (Wildman–Crippen LogP) is 3.91. The third-order valence-corrected chi connectivity index (χ3v) is 2.99. The lowest BCUT2D eigenvalue weighted by molar-refractivity contribution is 0.102. The van der Waals surface area contributed by atoms with Crippen molar-refractivity contribution >= 4 is 23.2 Å². The summed E-state index contributed by atoms with van der Waals surface area (Å²) in [6.07, 6.45) is 0. The molecule has 0 aliphatic heterocycles. The summed E-state index contributed by atoms with van der Waals surface area (Å²) in [5.41, 5.74) is 2.20. The summed E-state index contributed by atoms with van der Waals surface area (Å²) in [7, 11) is 1.58. The van der Waals surface area contributed by atoms with E-state index in [0.717, 1.165) is 5.56 Å². The summed E-state index contributed by atoms with van der Waals surface area (Å²) < 4.78 is 5.20. The molecule has 0 aromatic heterocycles. The lowest BCUT2D eigenvalue weighted by atomic mass is 10.1. The van der Waals surface area contributed by atoms with Gasteiger partial charge in [0.2, 0.25) is 0 Å². The van der Waals surface area contributed by atoms with Crippen LogP contribution in [0.2, 0.25) is 5.02 Å². The Morgan fingerprint density at radius 3 is 2.68 bits per heavy atom. The number of halogens is 1. The van der Waals surface area contributed by atoms with Crippen LogP contribution >= 0.6 is 11.6 Å². The number of hydrogen-bond donors (Lipinski definition) is 1. The summed E-state index contributed by atoms with van der Waals surface area (Å²) in [4.78, 5) is 12.1. The lowest BCUT2D eigenvalue weighted by Crippen LogP contribution is -2.12. The summed E-state index contributed by atoms with van der Waals surface area (Å²) in [5, 5.41) is 3.37. The minimum Gasteiger partial charge on any atom is -0.496 e. The molecule has 0 saturated heterocycles. The van der Waals surface area contributed by atoms with Gasteiger partial charge in [0.1, 0.15) is 5.75 Å². The summed E-state index contributed by atoms with van der Waals surface area (Å²) in [6.45, 7) is 1.93. The maximum atomic E-state index is 12.1. The van der Waals surface area contributed by atoms with Gasteiger partial charge in [-0.05, 0) is 42.8 Å². The smallest absolute Gasteiger partial charge is 0.255 e. The van der Waals surface area contributed by atoms with Crippen molar-refractivity contribution in [2.24, 2.45) is 0 Å². The molecule has 0 bridgehead atoms. The van der Waals surface area contributed by atoms with E-state index in [1.54, 1.807) is 43.5 Å². The average molecular weight is 276 g/mol. The number of carbonyl (C=O) groups excluding carboxylic acids is 1. The predicted molar refractivity (Wildman–Crippen MR) is 77.1 cm³/mol. The quantitative estimate of drug-likeness (QED) is 0.922. The Kier molecular flexibility index (Phi) is 4.07. The molecule has 0 atom stereocenters. The van der Waals surface area contributed by atoms with Crippen molar-refractivity contribution in [1.29, 1.82) is 0 Å². The molecule has 0 aliphatic carbocycles. The van der Waals surface area contributed by atoms with Gasteiger partial charge in [-0.3, -0.25) is 4.79 Å². The van der Waals surface area contributed by atoms with E-state index in [-0.39, 0.29) is 5.91 Å². The largest absolute Gasteiger partial charge is 0.496 e. The highest BCUT2D eigenvalue weighted by atomic mass is 35.5. The standard InChI is InChI=1S/C15H14ClNO2/c1-10-6-7-11(8-14(10)19-2)15(18)17-13-5-3-4-12(16)9-13/h3-9H,1-2H3,(H,17,18). The van der Waals surface area contributed by atoms with Crippen molar-refractivity contribution in [3.8, 4) is 5.75 Å². The summed E-state index contributed by atoms with van der Waals surface area (Å²) in [5.74, 6) is 0.499. The van der Waals surface area contributed by atoms with Crippen molar-refractivity contribution < 1.29 is 9.53 Å². The molecule has 0 unspecified atom stereocenters. The van der Waals surface area contributed by atoms with Gasteiger partial charge in [0, 0.05) is 16.3 Å². The SMILES string of the molecule is COc1cc(C(=O)Nc2cccc(Cl)c2)ccc1C. The van der Waals surface area contributed by atoms with Crippen LogP contribution < -0.4 is 10.1 Å². The van der Waals surface area contributed by atoms with Crippen molar-refractivity contribution in [1.82, 2.24) is 0 Å². The zero-order valence-corrected chi connectivity index (χ0v) is 11.5. The molecule has 2 rings (SSSR count). The molecule has 0 fully saturated rings. The Hall–Kier alpha value is -2.00. The topological polar surface area (TPSA) is 38.3 Å². The number of rotatable bonds is 3. The van der Waals surface area contributed by atoms with Crippen LogP contribution in [0.3, 0.4) is 0 Å². The maximum Gasteiger partial charge on any atom is 0.255 e. The summed E-state index contributed by atoms with van der Waals surface area (Å²) in [6, 6.07) is 12.4. The average Bonchev–Trinajstić information content (AvgIpc) is 2.39. The molecule has 98 valence electrons. The first kappa shape index (κ1) is 13.4. The first-order valence-electron chi connectivity index (χ1n) is 5.81. The second-order valence-electron chi connectivity index (χ2n) is 4.15. The van der Waals surface area contributed by atoms with Gasteiger partial charge in [0.25, 0.3) is 5.91 Å². The Morgan fingerprint density at radius 1 is 1.21 bits per heavy atom. The normalized spacial score (nSPS) is 10.1. The molecule has 0 radical (unpaired) electrons. The number of benzene rings is 2. The monoisotopic (exact) mass is 275 g/mol. The molecule has 2 aromatic carbocycles. The maximum absolute atomic E-state index is 12.1. The molecule has 0 aliphatic rings. The fraction of sp³-hybridized carbons (Fsp3) is 0.133. The number of amides is 1. The number of methoxy groups -OCH3 is 1. The highest BCUT2D eigenvalue weighted by molar-refractivity contribution is 6.30. The van der Waals surface area contributed by atoms with E-state index in [9.17, 15) is 4.79 Å². The third kappa shape index (κ3) is 3.26. The molecule has 2 aromatic rings. The van der Waals surface area contributed by atoms with Crippen LogP contribution in [0, 0.1) is 6.92 Å². The number of ether oxygens (including phenoxy) is 1. The van der Waals surface area contributed by atoms with E-state index in [2.05, 4.69) is 5.32 Å². The fourth-order valence-electron chi connectivity index (χ4n) is 1.73. The second kappa shape index (κ2) is 5.76. The highest BCUT2D eigenvalue weighted by Crippen LogP contribution is 2.20. The van der Waals surface area contributed by atoms with Crippen molar-refractivity contribution in [3.63, 3.8) is 0 Å². The van der Waals surface area contributed by atoms with E-state index < -0.39 is 0 Å². The summed E-state index contributed by atoms with van der Waals surface area (Å²) >= 11 is 5.87. The van der Waals surface area contributed by atoms with Crippen LogP contribution in [0.1, 0.15) is 15.9 Å². The van der Waals surface area contributed by atoms with Crippen LogP contribution in [-0.2, 0) is 0 Å². The molecule has 1 N–H and O–H groups in total. The van der Waals surface area contributed by atoms with Gasteiger partial charge in [-0.2, -0.15) is 0 Å². The van der Waals surface area contributed by atoms with Crippen LogP contribution in [0.15, 0.2) is 42.5 Å². The molecular weight excluding hydrogens is 262 g/mol. The van der Waals surface area contributed by atoms with E-state index in [4.69, 9.17) is 16.3 Å². The molecule has 0 saturated carbocycles. The number of hydrogen-bond acceptors (Lipinski definition) is 2. The van der Waals surface area contributed by atoms with E-state index >= 15 is 0 Å². The second-order valence-corrected chi connectivity index (χ2v) is 4.59. The molecule has 1 amide bonds. The number of anilines is 1. The van der Waals surface area contributed by atoms with Crippen molar-refractivity contribution in [2.45, 2.75) is 6.92 Å². The zero-order valence-electron chi connectivity index (χ0n) is 10.7. The minimum absolute atomic E-state index is 0.194. The van der Waals surface area contributed by atoms with Gasteiger partial charge < -0.3 is 10.1 Å². The van der Waals surface area contributed by atoms with Crippen molar-refractivity contribution in [2.75, 3.05) is 12.4 Å². The van der Waals surface area contributed by atoms with Gasteiger partial charge in [-0.25, -0.2) is 0 Å². The molecule has 19 heavy (non-hydrogen) atoms. The third-order valence-electron chi connectivity index (χ3n) is 2.75. The lowest BCUT2D eigenvalue weighted by Gasteiger charge is -2.08. The number of carbonyl (C=O) groups is 1. The van der Waals surface area contributed by atoms with Gasteiger partial charge in [-0.15, -0.1) is 0 Å². The fourth-order valence-corrected chi connectivity index (χ4v) is 1.92. The Labute approximate surface area is 117 Å². The van der Waals surface area contributed by atoms with Crippen LogP contribution in [0.5, 0.6) is 5.75 Å². The van der Waals surface area contributed by atoms with Gasteiger partial charge in [-0.1, -0.05) is 23.7 Å². The number of nitrogens with one attached hydrogen (secondary N) is 1. The van der Waals surface area contributed by atoms with Gasteiger partial charge in [0.15, 0.2) is 0 Å². The minimum atomic E-state index is -0.194. The Balaban J connectivity index is 2.20. The molecule has 0 spiro atoms. The van der Waals surface area contributed by atoms with E-state index in [0.29, 0.717) is 22.0 Å². The van der Waals surface area contributed by atoms with Gasteiger partial charge >= 0.3 is 0 Å². The number of aryl methyl sites for hydroxylation is 1. The van der Waals surface area contributed by atoms with E-state index in [1.807, 2.05) is 13.0 Å². The van der Waals surface area contributed by atoms with Crippen LogP contribution in [0.25, 0.3) is 0 Å².